The third-order valence-electron chi connectivity index (χ3n) is 6.85. The van der Waals surface area contributed by atoms with Crippen molar-refractivity contribution < 1.29 is 9.53 Å². The zero-order chi connectivity index (χ0) is 24.5. The number of rotatable bonds is 7. The first kappa shape index (κ1) is 22.3. The van der Waals surface area contributed by atoms with Crippen molar-refractivity contribution in [1.82, 2.24) is 19.8 Å². The largest absolute Gasteiger partial charge is 0.451 e. The van der Waals surface area contributed by atoms with Crippen molar-refractivity contribution in [3.63, 3.8) is 0 Å². The summed E-state index contributed by atoms with van der Waals surface area (Å²) in [4.78, 5) is 33.0. The molecule has 2 aliphatic rings. The molecule has 0 saturated carbocycles. The van der Waals surface area contributed by atoms with Crippen LogP contribution in [-0.2, 0) is 6.54 Å². The van der Waals surface area contributed by atoms with E-state index in [-0.39, 0.29) is 16.9 Å². The molecule has 1 fully saturated rings. The lowest BCUT2D eigenvalue weighted by Gasteiger charge is -2.26. The number of nitrogens with one attached hydrogen (secondary N) is 2. The number of para-hydroxylation sites is 2. The van der Waals surface area contributed by atoms with Gasteiger partial charge in [0.2, 0.25) is 5.43 Å². The van der Waals surface area contributed by atoms with Crippen LogP contribution in [0.2, 0.25) is 0 Å². The van der Waals surface area contributed by atoms with Crippen molar-refractivity contribution in [3.8, 4) is 17.2 Å². The minimum absolute atomic E-state index is 0.129. The Morgan fingerprint density at radius 2 is 1.83 bits per heavy atom. The van der Waals surface area contributed by atoms with Crippen LogP contribution < -0.4 is 20.8 Å². The number of pyridine rings is 2. The second-order valence-corrected chi connectivity index (χ2v) is 9.16. The normalized spacial score (nSPS) is 14.3. The minimum Gasteiger partial charge on any atom is -0.451 e. The summed E-state index contributed by atoms with van der Waals surface area (Å²) in [5.74, 6) is 0.877. The number of amides is 1. The molecule has 2 aliphatic heterocycles. The van der Waals surface area contributed by atoms with Gasteiger partial charge in [-0.15, -0.1) is 0 Å². The molecule has 0 bridgehead atoms. The molecule has 2 aromatic heterocycles. The van der Waals surface area contributed by atoms with Gasteiger partial charge in [-0.25, -0.2) is 0 Å². The molecule has 6 rings (SSSR count). The summed E-state index contributed by atoms with van der Waals surface area (Å²) in [6, 6.07) is 15.1. The predicted molar refractivity (Wildman–Crippen MR) is 139 cm³/mol. The Bertz CT molecular complexity index is 1490. The van der Waals surface area contributed by atoms with E-state index in [4.69, 9.17) is 4.74 Å². The molecule has 2 aromatic carbocycles. The second-order valence-electron chi connectivity index (χ2n) is 9.16. The van der Waals surface area contributed by atoms with E-state index in [2.05, 4.69) is 20.5 Å². The fraction of sp³-hybridized carbons (Fsp3) is 0.250. The zero-order valence-corrected chi connectivity index (χ0v) is 19.9. The number of fused-ring (bicyclic) bond motifs is 2. The summed E-state index contributed by atoms with van der Waals surface area (Å²) < 4.78 is 8.21. The molecule has 0 radical (unpaired) electrons. The molecule has 0 spiro atoms. The van der Waals surface area contributed by atoms with E-state index in [9.17, 15) is 9.59 Å². The Balaban J connectivity index is 1.38. The van der Waals surface area contributed by atoms with E-state index in [1.165, 1.54) is 12.8 Å². The first-order valence-electron chi connectivity index (χ1n) is 12.3. The average Bonchev–Trinajstić information content (AvgIpc) is 3.43. The highest BCUT2D eigenvalue weighted by molar-refractivity contribution is 6.01. The molecule has 36 heavy (non-hydrogen) atoms. The maximum Gasteiger partial charge on any atom is 0.256 e. The maximum absolute atomic E-state index is 13.5. The van der Waals surface area contributed by atoms with Gasteiger partial charge in [-0.1, -0.05) is 12.1 Å². The first-order valence-corrected chi connectivity index (χ1v) is 12.3. The molecule has 8 heteroatoms. The number of benzene rings is 2. The molecular formula is C28H27N5O3. The summed E-state index contributed by atoms with van der Waals surface area (Å²) in [5, 5.41) is 6.82. The predicted octanol–water partition coefficient (Wildman–Crippen LogP) is 3.93. The number of carbonyl (C=O) groups is 1. The highest BCUT2D eigenvalue weighted by Crippen LogP contribution is 2.43. The van der Waals surface area contributed by atoms with Crippen LogP contribution in [0.15, 0.2) is 71.9 Å². The van der Waals surface area contributed by atoms with Crippen molar-refractivity contribution in [2.24, 2.45) is 0 Å². The van der Waals surface area contributed by atoms with Crippen LogP contribution in [0.5, 0.6) is 11.5 Å². The summed E-state index contributed by atoms with van der Waals surface area (Å²) in [7, 11) is 0. The Morgan fingerprint density at radius 3 is 2.67 bits per heavy atom. The molecular weight excluding hydrogens is 454 g/mol. The summed E-state index contributed by atoms with van der Waals surface area (Å²) in [6.07, 6.45) is 7.56. The van der Waals surface area contributed by atoms with E-state index in [0.717, 1.165) is 36.6 Å². The Labute approximate surface area is 208 Å². The number of anilines is 1. The van der Waals surface area contributed by atoms with E-state index < -0.39 is 0 Å². The Kier molecular flexibility index (Phi) is 5.87. The van der Waals surface area contributed by atoms with Crippen molar-refractivity contribution in [2.45, 2.75) is 19.4 Å². The third kappa shape index (κ3) is 4.09. The minimum atomic E-state index is -0.352. The number of hydrogen-bond acceptors (Lipinski definition) is 6. The molecule has 0 atom stereocenters. The van der Waals surface area contributed by atoms with Gasteiger partial charge in [0.05, 0.1) is 16.8 Å². The van der Waals surface area contributed by atoms with Crippen molar-refractivity contribution in [1.29, 1.82) is 0 Å². The molecule has 1 saturated heterocycles. The molecule has 1 amide bonds. The van der Waals surface area contributed by atoms with Crippen LogP contribution in [0.4, 0.5) is 5.69 Å². The number of nitrogens with zero attached hydrogens (tertiary/aromatic N) is 3. The lowest BCUT2D eigenvalue weighted by atomic mass is 10.1. The molecule has 2 N–H and O–H groups in total. The van der Waals surface area contributed by atoms with Crippen LogP contribution >= 0.6 is 0 Å². The fourth-order valence-electron chi connectivity index (χ4n) is 4.96. The topological polar surface area (TPSA) is 88.5 Å². The average molecular weight is 482 g/mol. The zero-order valence-electron chi connectivity index (χ0n) is 19.9. The van der Waals surface area contributed by atoms with Gasteiger partial charge in [-0.3, -0.25) is 14.6 Å². The summed E-state index contributed by atoms with van der Waals surface area (Å²) in [5.41, 5.74) is 3.10. The second kappa shape index (κ2) is 9.47. The number of carbonyl (C=O) groups excluding carboxylic acids is 1. The lowest BCUT2D eigenvalue weighted by Crippen LogP contribution is -2.36. The standard InChI is InChI=1S/C28H27N5O3/c34-26-20-7-8-22(31-17-19-9-11-29-12-10-19)27-25(20)33(23-5-1-2-6-24(23)36-27)18-21(26)28(35)30-13-16-32-14-3-4-15-32/h1-2,5-12,18,31H,3-4,13-17H2,(H,30,35). The molecule has 8 nitrogen and oxygen atoms in total. The van der Waals surface area contributed by atoms with Gasteiger partial charge < -0.3 is 24.8 Å². The van der Waals surface area contributed by atoms with Gasteiger partial charge in [-0.05, 0) is 67.9 Å². The van der Waals surface area contributed by atoms with Gasteiger partial charge in [0, 0.05) is 38.2 Å². The van der Waals surface area contributed by atoms with Crippen LogP contribution in [0.3, 0.4) is 0 Å². The van der Waals surface area contributed by atoms with Gasteiger partial charge >= 0.3 is 0 Å². The molecule has 0 unspecified atom stereocenters. The fourth-order valence-corrected chi connectivity index (χ4v) is 4.96. The molecule has 182 valence electrons. The third-order valence-corrected chi connectivity index (χ3v) is 6.85. The van der Waals surface area contributed by atoms with Gasteiger partial charge in [0.25, 0.3) is 5.91 Å². The van der Waals surface area contributed by atoms with Crippen molar-refractivity contribution in [2.75, 3.05) is 31.5 Å². The van der Waals surface area contributed by atoms with Crippen molar-refractivity contribution in [3.05, 3.63) is 88.5 Å². The first-order chi connectivity index (χ1) is 17.7. The smallest absolute Gasteiger partial charge is 0.256 e. The van der Waals surface area contributed by atoms with E-state index >= 15 is 0 Å². The summed E-state index contributed by atoms with van der Waals surface area (Å²) in [6.45, 7) is 4.01. The highest BCUT2D eigenvalue weighted by atomic mass is 16.5. The lowest BCUT2D eigenvalue weighted by molar-refractivity contribution is 0.0948. The quantitative estimate of drug-likeness (QED) is 0.366. The molecule has 4 heterocycles. The number of hydrogen-bond donors (Lipinski definition) is 2. The van der Waals surface area contributed by atoms with E-state index in [0.29, 0.717) is 35.5 Å². The Hall–Kier alpha value is -4.17. The molecule has 0 aliphatic carbocycles. The number of aromatic nitrogens is 2. The Morgan fingerprint density at radius 1 is 1.03 bits per heavy atom. The van der Waals surface area contributed by atoms with Crippen molar-refractivity contribution >= 4 is 22.5 Å². The highest BCUT2D eigenvalue weighted by Gasteiger charge is 2.26. The van der Waals surface area contributed by atoms with Crippen LogP contribution in [-0.4, -0.2) is 46.5 Å². The van der Waals surface area contributed by atoms with Gasteiger partial charge in [0.1, 0.15) is 11.1 Å². The van der Waals surface area contributed by atoms with E-state index in [1.54, 1.807) is 24.7 Å². The van der Waals surface area contributed by atoms with E-state index in [1.807, 2.05) is 47.0 Å². The van der Waals surface area contributed by atoms with Crippen LogP contribution in [0.25, 0.3) is 16.6 Å². The number of likely N-dealkylation sites (tertiary alicyclic amines) is 1. The van der Waals surface area contributed by atoms with Crippen LogP contribution in [0, 0.1) is 0 Å². The van der Waals surface area contributed by atoms with Gasteiger partial charge in [-0.2, -0.15) is 0 Å². The summed E-state index contributed by atoms with van der Waals surface area (Å²) >= 11 is 0. The van der Waals surface area contributed by atoms with Gasteiger partial charge in [0.15, 0.2) is 11.5 Å². The maximum atomic E-state index is 13.5. The monoisotopic (exact) mass is 481 g/mol. The van der Waals surface area contributed by atoms with Crippen LogP contribution in [0.1, 0.15) is 28.8 Å². The molecule has 4 aromatic rings. The SMILES string of the molecule is O=C(NCCN1CCCC1)c1cn2c3c(c(NCc4ccncc4)ccc3c1=O)Oc1ccccc1-2. The number of ether oxygens (including phenoxy) is 1.